The third-order valence-corrected chi connectivity index (χ3v) is 3.15. The number of anilines is 1. The molecule has 22 heavy (non-hydrogen) atoms. The van der Waals surface area contributed by atoms with Crippen LogP contribution in [0.5, 0.6) is 17.2 Å². The molecule has 0 saturated heterocycles. The summed E-state index contributed by atoms with van der Waals surface area (Å²) in [7, 11) is 4.78. The number of nitrogens with one attached hydrogen (secondary N) is 1. The van der Waals surface area contributed by atoms with E-state index < -0.39 is 0 Å². The summed E-state index contributed by atoms with van der Waals surface area (Å²) in [6.45, 7) is 2.03. The highest BCUT2D eigenvalue weighted by Crippen LogP contribution is 2.33. The lowest BCUT2D eigenvalue weighted by molar-refractivity contribution is 0.349. The number of hydrogen-bond donors (Lipinski definition) is 1. The molecule has 0 aromatic heterocycles. The van der Waals surface area contributed by atoms with Crippen molar-refractivity contribution in [1.82, 2.24) is 0 Å². The zero-order valence-electron chi connectivity index (χ0n) is 13.2. The van der Waals surface area contributed by atoms with Crippen LogP contribution < -0.4 is 19.6 Å². The lowest BCUT2D eigenvalue weighted by Crippen LogP contribution is -1.98. The van der Waals surface area contributed by atoms with Gasteiger partial charge in [-0.3, -0.25) is 5.43 Å². The first kappa shape index (κ1) is 15.7. The first-order chi connectivity index (χ1) is 10.7. The molecule has 0 unspecified atom stereocenters. The number of methoxy groups -OCH3 is 3. The van der Waals surface area contributed by atoms with Crippen molar-refractivity contribution in [3.05, 3.63) is 47.5 Å². The number of benzene rings is 2. The van der Waals surface area contributed by atoms with E-state index in [0.29, 0.717) is 17.2 Å². The lowest BCUT2D eigenvalue weighted by Gasteiger charge is -2.11. The SMILES string of the molecule is COc1cc(OC)c(OC)cc1/C=N\Nc1cccc(C)c1. The highest BCUT2D eigenvalue weighted by molar-refractivity contribution is 5.85. The van der Waals surface area contributed by atoms with Crippen molar-refractivity contribution < 1.29 is 14.2 Å². The Kier molecular flexibility index (Phi) is 5.25. The molecule has 0 aliphatic rings. The molecular formula is C17H20N2O3. The van der Waals surface area contributed by atoms with Crippen LogP contribution in [0.4, 0.5) is 5.69 Å². The summed E-state index contributed by atoms with van der Waals surface area (Å²) in [6.07, 6.45) is 1.68. The molecule has 0 radical (unpaired) electrons. The molecule has 0 spiro atoms. The van der Waals surface area contributed by atoms with Crippen LogP contribution in [0.1, 0.15) is 11.1 Å². The summed E-state index contributed by atoms with van der Waals surface area (Å²) < 4.78 is 15.9. The minimum atomic E-state index is 0.614. The van der Waals surface area contributed by atoms with Crippen LogP contribution in [0.2, 0.25) is 0 Å². The van der Waals surface area contributed by atoms with Gasteiger partial charge in [0.2, 0.25) is 0 Å². The smallest absolute Gasteiger partial charge is 0.164 e. The minimum Gasteiger partial charge on any atom is -0.496 e. The van der Waals surface area contributed by atoms with Gasteiger partial charge in [-0.2, -0.15) is 5.10 Å². The Balaban J connectivity index is 2.22. The second-order valence-electron chi connectivity index (χ2n) is 4.69. The molecule has 2 rings (SSSR count). The molecule has 1 N–H and O–H groups in total. The molecule has 0 fully saturated rings. The Morgan fingerprint density at radius 2 is 1.59 bits per heavy atom. The Morgan fingerprint density at radius 3 is 2.23 bits per heavy atom. The molecule has 0 atom stereocenters. The van der Waals surface area contributed by atoms with Crippen LogP contribution in [0.15, 0.2) is 41.5 Å². The standard InChI is InChI=1S/C17H20N2O3/c1-12-6-5-7-14(8-12)19-18-11-13-9-16(21-3)17(22-4)10-15(13)20-2/h5-11,19H,1-4H3/b18-11-. The Morgan fingerprint density at radius 1 is 0.909 bits per heavy atom. The average molecular weight is 300 g/mol. The number of hydrogen-bond acceptors (Lipinski definition) is 5. The summed E-state index contributed by atoms with van der Waals surface area (Å²) in [5, 5.41) is 4.24. The second-order valence-corrected chi connectivity index (χ2v) is 4.69. The van der Waals surface area contributed by atoms with Gasteiger partial charge in [0.05, 0.1) is 33.2 Å². The van der Waals surface area contributed by atoms with E-state index in [2.05, 4.69) is 10.5 Å². The lowest BCUT2D eigenvalue weighted by atomic mass is 10.2. The van der Waals surface area contributed by atoms with E-state index >= 15 is 0 Å². The fraction of sp³-hybridized carbons (Fsp3) is 0.235. The zero-order valence-corrected chi connectivity index (χ0v) is 13.2. The van der Waals surface area contributed by atoms with Crippen LogP contribution in [0, 0.1) is 6.92 Å². The number of aryl methyl sites for hydroxylation is 1. The first-order valence-electron chi connectivity index (χ1n) is 6.83. The maximum Gasteiger partial charge on any atom is 0.164 e. The first-order valence-corrected chi connectivity index (χ1v) is 6.83. The van der Waals surface area contributed by atoms with E-state index in [1.807, 2.05) is 37.3 Å². The molecule has 0 aliphatic carbocycles. The van der Waals surface area contributed by atoms with Crippen LogP contribution in [-0.2, 0) is 0 Å². The van der Waals surface area contributed by atoms with Gasteiger partial charge < -0.3 is 14.2 Å². The van der Waals surface area contributed by atoms with Gasteiger partial charge in [0.1, 0.15) is 5.75 Å². The number of ether oxygens (including phenoxy) is 3. The summed E-state index contributed by atoms with van der Waals surface area (Å²) in [6, 6.07) is 11.6. The van der Waals surface area contributed by atoms with Crippen molar-refractivity contribution in [2.24, 2.45) is 5.10 Å². The summed E-state index contributed by atoms with van der Waals surface area (Å²) >= 11 is 0. The predicted octanol–water partition coefficient (Wildman–Crippen LogP) is 3.47. The highest BCUT2D eigenvalue weighted by Gasteiger charge is 2.10. The van der Waals surface area contributed by atoms with E-state index in [0.717, 1.165) is 11.3 Å². The van der Waals surface area contributed by atoms with Crippen molar-refractivity contribution in [1.29, 1.82) is 0 Å². The predicted molar refractivity (Wildman–Crippen MR) is 88.5 cm³/mol. The van der Waals surface area contributed by atoms with Gasteiger partial charge in [-0.15, -0.1) is 0 Å². The molecule has 5 nitrogen and oxygen atoms in total. The molecule has 2 aromatic carbocycles. The van der Waals surface area contributed by atoms with Gasteiger partial charge in [-0.1, -0.05) is 12.1 Å². The van der Waals surface area contributed by atoms with Crippen molar-refractivity contribution in [3.8, 4) is 17.2 Å². The largest absolute Gasteiger partial charge is 0.496 e. The second kappa shape index (κ2) is 7.36. The van der Waals surface area contributed by atoms with Gasteiger partial charge in [-0.05, 0) is 30.7 Å². The molecule has 0 aliphatic heterocycles. The van der Waals surface area contributed by atoms with Crippen LogP contribution >= 0.6 is 0 Å². The molecule has 2 aromatic rings. The fourth-order valence-electron chi connectivity index (χ4n) is 2.04. The molecule has 0 amide bonds. The van der Waals surface area contributed by atoms with Gasteiger partial charge in [0.15, 0.2) is 11.5 Å². The molecule has 0 saturated carbocycles. The normalized spacial score (nSPS) is 10.5. The number of nitrogens with zero attached hydrogens (tertiary/aromatic N) is 1. The summed E-state index contributed by atoms with van der Waals surface area (Å²) in [5.41, 5.74) is 5.88. The van der Waals surface area contributed by atoms with E-state index in [9.17, 15) is 0 Å². The van der Waals surface area contributed by atoms with E-state index in [1.54, 1.807) is 33.6 Å². The van der Waals surface area contributed by atoms with Crippen LogP contribution in [0.25, 0.3) is 0 Å². The molecule has 5 heteroatoms. The molecule has 116 valence electrons. The monoisotopic (exact) mass is 300 g/mol. The Bertz CT molecular complexity index is 669. The van der Waals surface area contributed by atoms with Gasteiger partial charge in [0.25, 0.3) is 0 Å². The molecule has 0 heterocycles. The van der Waals surface area contributed by atoms with Crippen molar-refractivity contribution in [3.63, 3.8) is 0 Å². The quantitative estimate of drug-likeness (QED) is 0.655. The fourth-order valence-corrected chi connectivity index (χ4v) is 2.04. The van der Waals surface area contributed by atoms with Crippen molar-refractivity contribution >= 4 is 11.9 Å². The van der Waals surface area contributed by atoms with Crippen LogP contribution in [-0.4, -0.2) is 27.5 Å². The molecule has 0 bridgehead atoms. The third-order valence-electron chi connectivity index (χ3n) is 3.15. The third kappa shape index (κ3) is 3.69. The topological polar surface area (TPSA) is 52.1 Å². The molecular weight excluding hydrogens is 280 g/mol. The minimum absolute atomic E-state index is 0.614. The van der Waals surface area contributed by atoms with Gasteiger partial charge in [0, 0.05) is 11.6 Å². The Labute approximate surface area is 130 Å². The maximum atomic E-state index is 5.35. The van der Waals surface area contributed by atoms with E-state index in [-0.39, 0.29) is 0 Å². The van der Waals surface area contributed by atoms with Gasteiger partial charge in [-0.25, -0.2) is 0 Å². The number of rotatable bonds is 6. The Hall–Kier alpha value is -2.69. The summed E-state index contributed by atoms with van der Waals surface area (Å²) in [4.78, 5) is 0. The van der Waals surface area contributed by atoms with E-state index in [4.69, 9.17) is 14.2 Å². The van der Waals surface area contributed by atoms with Crippen molar-refractivity contribution in [2.45, 2.75) is 6.92 Å². The summed E-state index contributed by atoms with van der Waals surface area (Å²) in [5.74, 6) is 1.90. The average Bonchev–Trinajstić information content (AvgIpc) is 2.54. The van der Waals surface area contributed by atoms with E-state index in [1.165, 1.54) is 5.56 Å². The zero-order chi connectivity index (χ0) is 15.9. The highest BCUT2D eigenvalue weighted by atomic mass is 16.5. The maximum absolute atomic E-state index is 5.35. The van der Waals surface area contributed by atoms with Crippen molar-refractivity contribution in [2.75, 3.05) is 26.8 Å². The number of hydrazone groups is 1. The van der Waals surface area contributed by atoms with Crippen LogP contribution in [0.3, 0.4) is 0 Å². The van der Waals surface area contributed by atoms with Gasteiger partial charge >= 0.3 is 0 Å².